The maximum Gasteiger partial charge on any atom is 0.431 e. The highest BCUT2D eigenvalue weighted by atomic mass is 19.4. The molecule has 0 N–H and O–H groups in total. The van der Waals surface area contributed by atoms with Crippen LogP contribution in [0.4, 0.5) is 27.6 Å². The van der Waals surface area contributed by atoms with Gasteiger partial charge in [-0.15, -0.1) is 0 Å². The van der Waals surface area contributed by atoms with Crippen LogP contribution in [0, 0.1) is 21.7 Å². The molecule has 0 fully saturated rings. The van der Waals surface area contributed by atoms with Crippen molar-refractivity contribution in [3.63, 3.8) is 0 Å². The first-order valence-electron chi connectivity index (χ1n) is 5.95. The van der Waals surface area contributed by atoms with Crippen LogP contribution in [-0.2, 0) is 13.2 Å². The highest BCUT2D eigenvalue weighted by Gasteiger charge is 2.34. The molecule has 5 nitrogen and oxygen atoms in total. The Kier molecular flexibility index (Phi) is 3.93. The Morgan fingerprint density at radius 2 is 1.70 bits per heavy atom. The molecule has 2 rings (SSSR count). The standard InChI is InChI=1S/C13H7F5N2O3/c1-19-11(13(16,17)18)3-2-6(12(19)21)7-4-10(20(22)23)9(15)5-8(7)14/h2-5H,1H3. The number of halogens is 5. The van der Waals surface area contributed by atoms with Crippen molar-refractivity contribution in [2.45, 2.75) is 6.18 Å². The van der Waals surface area contributed by atoms with Crippen molar-refractivity contribution in [2.24, 2.45) is 7.05 Å². The predicted molar refractivity (Wildman–Crippen MR) is 68.7 cm³/mol. The van der Waals surface area contributed by atoms with Gasteiger partial charge >= 0.3 is 11.9 Å². The van der Waals surface area contributed by atoms with Crippen LogP contribution in [0.2, 0.25) is 0 Å². The summed E-state index contributed by atoms with van der Waals surface area (Å²) in [6, 6.07) is 1.88. The zero-order chi connectivity index (χ0) is 17.5. The number of pyridine rings is 1. The molecular weight excluding hydrogens is 327 g/mol. The third-order valence-electron chi connectivity index (χ3n) is 3.12. The largest absolute Gasteiger partial charge is 0.431 e. The number of hydrogen-bond acceptors (Lipinski definition) is 3. The SMILES string of the molecule is Cn1c(C(F)(F)F)ccc(-c2cc([N+](=O)[O-])c(F)cc2F)c1=O. The Bertz CT molecular complexity index is 858. The van der Waals surface area contributed by atoms with E-state index in [4.69, 9.17) is 0 Å². The minimum Gasteiger partial charge on any atom is -0.307 e. The van der Waals surface area contributed by atoms with Crippen LogP contribution in [0.15, 0.2) is 29.1 Å². The average molecular weight is 334 g/mol. The monoisotopic (exact) mass is 334 g/mol. The van der Waals surface area contributed by atoms with E-state index in [1.165, 1.54) is 0 Å². The van der Waals surface area contributed by atoms with Gasteiger partial charge < -0.3 is 4.57 Å². The van der Waals surface area contributed by atoms with E-state index in [2.05, 4.69) is 0 Å². The summed E-state index contributed by atoms with van der Waals surface area (Å²) in [6.07, 6.45) is -4.81. The van der Waals surface area contributed by atoms with E-state index < -0.39 is 50.8 Å². The number of nitrogens with zero attached hydrogens (tertiary/aromatic N) is 2. The molecule has 0 amide bonds. The molecule has 0 atom stereocenters. The molecule has 0 radical (unpaired) electrons. The van der Waals surface area contributed by atoms with Crippen molar-refractivity contribution in [2.75, 3.05) is 0 Å². The second kappa shape index (κ2) is 5.45. The van der Waals surface area contributed by atoms with Gasteiger partial charge in [-0.1, -0.05) is 0 Å². The lowest BCUT2D eigenvalue weighted by atomic mass is 10.0. The molecule has 0 unspecified atom stereocenters. The van der Waals surface area contributed by atoms with Crippen LogP contribution < -0.4 is 5.56 Å². The second-order valence-corrected chi connectivity index (χ2v) is 4.53. The molecule has 2 aromatic rings. The minimum absolute atomic E-state index is 0.199. The number of rotatable bonds is 2. The Morgan fingerprint density at radius 1 is 1.09 bits per heavy atom. The average Bonchev–Trinajstić information content (AvgIpc) is 2.40. The molecule has 0 saturated carbocycles. The summed E-state index contributed by atoms with van der Waals surface area (Å²) in [5.41, 5.74) is -4.81. The van der Waals surface area contributed by atoms with Crippen molar-refractivity contribution < 1.29 is 26.9 Å². The number of aromatic nitrogens is 1. The van der Waals surface area contributed by atoms with Crippen LogP contribution in [0.3, 0.4) is 0 Å². The van der Waals surface area contributed by atoms with Crippen LogP contribution in [0.25, 0.3) is 11.1 Å². The molecule has 1 aromatic heterocycles. The summed E-state index contributed by atoms with van der Waals surface area (Å²) in [5.74, 6) is -2.76. The minimum atomic E-state index is -4.81. The number of nitro groups is 1. The molecule has 0 aliphatic heterocycles. The first kappa shape index (κ1) is 16.6. The molecule has 0 spiro atoms. The van der Waals surface area contributed by atoms with Gasteiger partial charge in [0, 0.05) is 24.7 Å². The van der Waals surface area contributed by atoms with Gasteiger partial charge in [-0.05, 0) is 12.1 Å². The second-order valence-electron chi connectivity index (χ2n) is 4.53. The van der Waals surface area contributed by atoms with Crippen LogP contribution in [0.1, 0.15) is 5.69 Å². The summed E-state index contributed by atoms with van der Waals surface area (Å²) < 4.78 is 65.4. The van der Waals surface area contributed by atoms with Crippen molar-refractivity contribution in [3.05, 3.63) is 62.1 Å². The molecule has 0 saturated heterocycles. The summed E-state index contributed by atoms with van der Waals surface area (Å²) in [5, 5.41) is 10.7. The van der Waals surface area contributed by atoms with Gasteiger partial charge in [0.2, 0.25) is 5.82 Å². The fraction of sp³-hybridized carbons (Fsp3) is 0.154. The lowest BCUT2D eigenvalue weighted by molar-refractivity contribution is -0.387. The number of alkyl halides is 3. The molecule has 0 aliphatic carbocycles. The van der Waals surface area contributed by atoms with E-state index in [0.29, 0.717) is 18.2 Å². The van der Waals surface area contributed by atoms with Crippen molar-refractivity contribution in [1.29, 1.82) is 0 Å². The molecular formula is C13H7F5N2O3. The lowest BCUT2D eigenvalue weighted by Crippen LogP contribution is -2.26. The van der Waals surface area contributed by atoms with Crippen molar-refractivity contribution >= 4 is 5.69 Å². The van der Waals surface area contributed by atoms with Crippen LogP contribution >= 0.6 is 0 Å². The van der Waals surface area contributed by atoms with E-state index in [1.54, 1.807) is 0 Å². The van der Waals surface area contributed by atoms with Gasteiger partial charge in [0.15, 0.2) is 0 Å². The first-order valence-corrected chi connectivity index (χ1v) is 5.95. The third-order valence-corrected chi connectivity index (χ3v) is 3.12. The lowest BCUT2D eigenvalue weighted by Gasteiger charge is -2.13. The Hall–Kier alpha value is -2.78. The van der Waals surface area contributed by atoms with Crippen molar-refractivity contribution in [1.82, 2.24) is 4.57 Å². The summed E-state index contributed by atoms with van der Waals surface area (Å²) >= 11 is 0. The molecule has 10 heteroatoms. The fourth-order valence-corrected chi connectivity index (χ4v) is 2.01. The highest BCUT2D eigenvalue weighted by Crippen LogP contribution is 2.31. The van der Waals surface area contributed by atoms with Crippen LogP contribution in [0.5, 0.6) is 0 Å². The molecule has 1 heterocycles. The third kappa shape index (κ3) is 2.91. The summed E-state index contributed by atoms with van der Waals surface area (Å²) in [6.45, 7) is 0. The zero-order valence-corrected chi connectivity index (χ0v) is 11.3. The summed E-state index contributed by atoms with van der Waals surface area (Å²) in [4.78, 5) is 21.5. The maximum absolute atomic E-state index is 13.8. The smallest absolute Gasteiger partial charge is 0.307 e. The number of hydrogen-bond donors (Lipinski definition) is 0. The summed E-state index contributed by atoms with van der Waals surface area (Å²) in [7, 11) is 0.824. The van der Waals surface area contributed by atoms with Gasteiger partial charge in [-0.3, -0.25) is 14.9 Å². The normalized spacial score (nSPS) is 11.6. The topological polar surface area (TPSA) is 65.1 Å². The quantitative estimate of drug-likeness (QED) is 0.481. The van der Waals surface area contributed by atoms with E-state index in [0.717, 1.165) is 7.05 Å². The molecule has 122 valence electrons. The Morgan fingerprint density at radius 3 is 2.22 bits per heavy atom. The molecule has 23 heavy (non-hydrogen) atoms. The molecule has 1 aromatic carbocycles. The molecule has 0 bridgehead atoms. The zero-order valence-electron chi connectivity index (χ0n) is 11.3. The highest BCUT2D eigenvalue weighted by molar-refractivity contribution is 5.66. The van der Waals surface area contributed by atoms with E-state index in [9.17, 15) is 36.9 Å². The van der Waals surface area contributed by atoms with Gasteiger partial charge in [-0.2, -0.15) is 17.6 Å². The predicted octanol–water partition coefficient (Wildman–Crippen LogP) is 3.26. The van der Waals surface area contributed by atoms with E-state index in [-0.39, 0.29) is 10.6 Å². The number of nitro benzene ring substituents is 1. The van der Waals surface area contributed by atoms with Gasteiger partial charge in [0.05, 0.1) is 10.5 Å². The van der Waals surface area contributed by atoms with Gasteiger partial charge in [0.25, 0.3) is 5.56 Å². The van der Waals surface area contributed by atoms with E-state index in [1.807, 2.05) is 0 Å². The fourth-order valence-electron chi connectivity index (χ4n) is 2.01. The Balaban J connectivity index is 2.74. The number of benzene rings is 1. The van der Waals surface area contributed by atoms with Gasteiger partial charge in [0.1, 0.15) is 11.5 Å². The van der Waals surface area contributed by atoms with Gasteiger partial charge in [-0.25, -0.2) is 4.39 Å². The first-order chi connectivity index (χ1) is 10.5. The van der Waals surface area contributed by atoms with Crippen LogP contribution in [-0.4, -0.2) is 9.49 Å². The van der Waals surface area contributed by atoms with Crippen molar-refractivity contribution in [3.8, 4) is 11.1 Å². The Labute approximate surface area is 124 Å². The molecule has 0 aliphatic rings. The van der Waals surface area contributed by atoms with E-state index >= 15 is 0 Å². The maximum atomic E-state index is 13.8.